The summed E-state index contributed by atoms with van der Waals surface area (Å²) < 4.78 is 0. The summed E-state index contributed by atoms with van der Waals surface area (Å²) in [5.74, 6) is 1.42. The molecule has 0 aliphatic carbocycles. The van der Waals surface area contributed by atoms with Crippen molar-refractivity contribution in [3.63, 3.8) is 0 Å². The van der Waals surface area contributed by atoms with Crippen LogP contribution in [-0.4, -0.2) is 24.5 Å². The summed E-state index contributed by atoms with van der Waals surface area (Å²) in [7, 11) is 0. The molecule has 2 rings (SSSR count). The average molecular weight is 301 g/mol. The molecule has 0 amide bonds. The van der Waals surface area contributed by atoms with Crippen LogP contribution in [0.15, 0.2) is 18.2 Å². The first kappa shape index (κ1) is 15.1. The Balaban J connectivity index is 2.23. The first-order valence-corrected chi connectivity index (χ1v) is 7.66. The molecule has 1 saturated heterocycles. The van der Waals surface area contributed by atoms with E-state index in [-0.39, 0.29) is 6.04 Å². The van der Waals surface area contributed by atoms with Gasteiger partial charge in [0.15, 0.2) is 0 Å². The van der Waals surface area contributed by atoms with Gasteiger partial charge in [0.25, 0.3) is 0 Å². The summed E-state index contributed by atoms with van der Waals surface area (Å²) in [6.07, 6.45) is 1.29. The molecule has 3 unspecified atom stereocenters. The predicted molar refractivity (Wildman–Crippen MR) is 82.8 cm³/mol. The maximum Gasteiger partial charge on any atom is 0.0485 e. The lowest BCUT2D eigenvalue weighted by Crippen LogP contribution is -2.43. The van der Waals surface area contributed by atoms with E-state index in [4.69, 9.17) is 28.9 Å². The smallest absolute Gasteiger partial charge is 0.0485 e. The first-order valence-electron chi connectivity index (χ1n) is 6.90. The molecule has 106 valence electrons. The van der Waals surface area contributed by atoms with E-state index in [2.05, 4.69) is 18.7 Å². The van der Waals surface area contributed by atoms with Crippen molar-refractivity contribution >= 4 is 23.2 Å². The van der Waals surface area contributed by atoms with E-state index < -0.39 is 0 Å². The molecule has 3 atom stereocenters. The molecule has 0 aromatic heterocycles. The molecule has 2 nitrogen and oxygen atoms in total. The van der Waals surface area contributed by atoms with Gasteiger partial charge in [-0.25, -0.2) is 0 Å². The minimum Gasteiger partial charge on any atom is -0.329 e. The van der Waals surface area contributed by atoms with Crippen LogP contribution in [-0.2, 0) is 0 Å². The van der Waals surface area contributed by atoms with Gasteiger partial charge in [0.05, 0.1) is 0 Å². The Morgan fingerprint density at radius 1 is 1.26 bits per heavy atom. The highest BCUT2D eigenvalue weighted by Gasteiger charge is 2.28. The molecule has 4 heteroatoms. The zero-order valence-electron chi connectivity index (χ0n) is 11.6. The topological polar surface area (TPSA) is 29.3 Å². The van der Waals surface area contributed by atoms with Crippen LogP contribution in [0.2, 0.25) is 10.0 Å². The largest absolute Gasteiger partial charge is 0.329 e. The van der Waals surface area contributed by atoms with Gasteiger partial charge in [0.2, 0.25) is 0 Å². The van der Waals surface area contributed by atoms with Gasteiger partial charge in [-0.1, -0.05) is 43.1 Å². The third-order valence-electron chi connectivity index (χ3n) is 3.88. The lowest BCUT2D eigenvalue weighted by atomic mass is 9.89. The minimum atomic E-state index is 0.190. The van der Waals surface area contributed by atoms with Gasteiger partial charge < -0.3 is 5.73 Å². The zero-order valence-corrected chi connectivity index (χ0v) is 13.1. The van der Waals surface area contributed by atoms with Gasteiger partial charge >= 0.3 is 0 Å². The lowest BCUT2D eigenvalue weighted by molar-refractivity contribution is 0.0984. The van der Waals surface area contributed by atoms with Crippen LogP contribution in [0.1, 0.15) is 31.9 Å². The molecule has 0 saturated carbocycles. The molecule has 0 spiro atoms. The summed E-state index contributed by atoms with van der Waals surface area (Å²) in [6.45, 7) is 7.37. The predicted octanol–water partition coefficient (Wildman–Crippen LogP) is 3.97. The van der Waals surface area contributed by atoms with Crippen molar-refractivity contribution in [2.24, 2.45) is 17.6 Å². The molecule has 0 bridgehead atoms. The first-order chi connectivity index (χ1) is 9.01. The minimum absolute atomic E-state index is 0.190. The van der Waals surface area contributed by atoms with E-state index in [1.807, 2.05) is 12.1 Å². The van der Waals surface area contributed by atoms with Crippen LogP contribution in [0.3, 0.4) is 0 Å². The SMILES string of the molecule is CC1CC(C)CN(C(CN)c2ccc(Cl)cc2Cl)C1. The summed E-state index contributed by atoms with van der Waals surface area (Å²) in [5, 5.41) is 1.39. The van der Waals surface area contributed by atoms with Crippen LogP contribution in [0.5, 0.6) is 0 Å². The van der Waals surface area contributed by atoms with Crippen LogP contribution in [0.25, 0.3) is 0 Å². The standard InChI is InChI=1S/C15H22Cl2N2/c1-10-5-11(2)9-19(8-10)15(7-18)13-4-3-12(16)6-14(13)17/h3-4,6,10-11,15H,5,7-9,18H2,1-2H3. The number of likely N-dealkylation sites (tertiary alicyclic amines) is 1. The number of nitrogens with zero attached hydrogens (tertiary/aromatic N) is 1. The van der Waals surface area contributed by atoms with Crippen LogP contribution < -0.4 is 5.73 Å². The fourth-order valence-electron chi connectivity index (χ4n) is 3.21. The average Bonchev–Trinajstić information content (AvgIpc) is 2.31. The van der Waals surface area contributed by atoms with Gasteiger partial charge in [-0.3, -0.25) is 4.90 Å². The van der Waals surface area contributed by atoms with E-state index in [9.17, 15) is 0 Å². The fraction of sp³-hybridized carbons (Fsp3) is 0.600. The van der Waals surface area contributed by atoms with Crippen molar-refractivity contribution in [2.45, 2.75) is 26.3 Å². The summed E-state index contributed by atoms with van der Waals surface area (Å²) >= 11 is 12.3. The van der Waals surface area contributed by atoms with Gasteiger partial charge in [-0.2, -0.15) is 0 Å². The molecule has 1 fully saturated rings. The normalized spacial score (nSPS) is 26.4. The zero-order chi connectivity index (χ0) is 14.0. The van der Waals surface area contributed by atoms with Crippen LogP contribution >= 0.6 is 23.2 Å². The second kappa shape index (κ2) is 6.45. The van der Waals surface area contributed by atoms with Crippen molar-refractivity contribution in [1.82, 2.24) is 4.90 Å². The number of hydrogen-bond acceptors (Lipinski definition) is 2. The van der Waals surface area contributed by atoms with E-state index in [1.165, 1.54) is 6.42 Å². The highest BCUT2D eigenvalue weighted by atomic mass is 35.5. The van der Waals surface area contributed by atoms with E-state index in [1.54, 1.807) is 6.07 Å². The number of nitrogens with two attached hydrogens (primary N) is 1. The lowest BCUT2D eigenvalue weighted by Gasteiger charge is -2.40. The molecule has 1 aliphatic rings. The van der Waals surface area contributed by atoms with Crippen molar-refractivity contribution in [3.8, 4) is 0 Å². The molecule has 0 radical (unpaired) electrons. The summed E-state index contributed by atoms with van der Waals surface area (Å²) in [6, 6.07) is 5.89. The Morgan fingerprint density at radius 3 is 2.42 bits per heavy atom. The van der Waals surface area contributed by atoms with E-state index in [0.717, 1.165) is 18.7 Å². The highest BCUT2D eigenvalue weighted by molar-refractivity contribution is 6.35. The monoisotopic (exact) mass is 300 g/mol. The van der Waals surface area contributed by atoms with E-state index >= 15 is 0 Å². The molecule has 19 heavy (non-hydrogen) atoms. The van der Waals surface area contributed by atoms with Crippen LogP contribution in [0, 0.1) is 11.8 Å². The highest BCUT2D eigenvalue weighted by Crippen LogP contribution is 2.33. The third-order valence-corrected chi connectivity index (χ3v) is 4.45. The van der Waals surface area contributed by atoms with Gasteiger partial charge in [-0.05, 0) is 36.0 Å². The molecule has 1 aromatic carbocycles. The second-order valence-corrected chi connectivity index (χ2v) is 6.66. The Labute approximate surface area is 125 Å². The van der Waals surface area contributed by atoms with Gasteiger partial charge in [-0.15, -0.1) is 0 Å². The fourth-order valence-corrected chi connectivity index (χ4v) is 3.74. The van der Waals surface area contributed by atoms with Crippen molar-refractivity contribution in [2.75, 3.05) is 19.6 Å². The summed E-state index contributed by atoms with van der Waals surface area (Å²) in [4.78, 5) is 2.47. The molecule has 1 aromatic rings. The summed E-state index contributed by atoms with van der Waals surface area (Å²) in [5.41, 5.74) is 7.09. The van der Waals surface area contributed by atoms with Crippen molar-refractivity contribution in [3.05, 3.63) is 33.8 Å². The Morgan fingerprint density at radius 2 is 1.89 bits per heavy atom. The second-order valence-electron chi connectivity index (χ2n) is 5.82. The Bertz CT molecular complexity index is 426. The number of piperidine rings is 1. The number of rotatable bonds is 3. The van der Waals surface area contributed by atoms with Crippen LogP contribution in [0.4, 0.5) is 0 Å². The Kier molecular flexibility index (Phi) is 5.13. The number of benzene rings is 1. The maximum absolute atomic E-state index is 6.33. The van der Waals surface area contributed by atoms with Crippen molar-refractivity contribution in [1.29, 1.82) is 0 Å². The van der Waals surface area contributed by atoms with Gasteiger partial charge in [0, 0.05) is 35.7 Å². The Hall–Kier alpha value is -0.280. The van der Waals surface area contributed by atoms with Crippen molar-refractivity contribution < 1.29 is 0 Å². The molecular formula is C15H22Cl2N2. The maximum atomic E-state index is 6.33. The molecule has 1 aliphatic heterocycles. The molecular weight excluding hydrogens is 279 g/mol. The number of halogens is 2. The molecule has 2 N–H and O–H groups in total. The quantitative estimate of drug-likeness (QED) is 0.915. The third kappa shape index (κ3) is 3.63. The molecule has 1 heterocycles. The van der Waals surface area contributed by atoms with Gasteiger partial charge in [0.1, 0.15) is 0 Å². The van der Waals surface area contributed by atoms with E-state index in [0.29, 0.717) is 28.4 Å². The number of hydrogen-bond donors (Lipinski definition) is 1.